The number of carboxylic acids is 1. The molecule has 2 aromatic rings. The summed E-state index contributed by atoms with van der Waals surface area (Å²) in [5.74, 6) is -1.25. The number of aromatic carboxylic acids is 1. The lowest BCUT2D eigenvalue weighted by atomic mass is 10.2. The molecule has 0 bridgehead atoms. The van der Waals surface area contributed by atoms with Crippen LogP contribution >= 0.6 is 11.3 Å². The van der Waals surface area contributed by atoms with Gasteiger partial charge in [-0.2, -0.15) is 0 Å². The van der Waals surface area contributed by atoms with Crippen LogP contribution in [0.1, 0.15) is 23.7 Å². The number of aromatic nitrogens is 1. The molecule has 2 N–H and O–H groups in total. The third kappa shape index (κ3) is 3.52. The fourth-order valence-electron chi connectivity index (χ4n) is 1.58. The summed E-state index contributed by atoms with van der Waals surface area (Å²) in [7, 11) is 0. The number of hydrogen-bond acceptors (Lipinski definition) is 5. The second-order valence-corrected chi connectivity index (χ2v) is 5.14. The van der Waals surface area contributed by atoms with E-state index in [-0.39, 0.29) is 18.1 Å². The van der Waals surface area contributed by atoms with Gasteiger partial charge in [0.2, 0.25) is 0 Å². The molecule has 2 rings (SSSR count). The number of nitrogens with zero attached hydrogens (tertiary/aromatic N) is 1. The van der Waals surface area contributed by atoms with Crippen LogP contribution in [-0.4, -0.2) is 35.2 Å². The van der Waals surface area contributed by atoms with Crippen molar-refractivity contribution in [1.82, 2.24) is 4.98 Å². The lowest BCUT2D eigenvalue weighted by Crippen LogP contribution is -2.18. The Labute approximate surface area is 119 Å². The minimum atomic E-state index is -0.987. The van der Waals surface area contributed by atoms with Gasteiger partial charge in [0.25, 0.3) is 5.91 Å². The van der Waals surface area contributed by atoms with Crippen molar-refractivity contribution >= 4 is 38.6 Å². The summed E-state index contributed by atoms with van der Waals surface area (Å²) in [6, 6.07) is 4.65. The van der Waals surface area contributed by atoms with Gasteiger partial charge in [-0.1, -0.05) is 18.3 Å². The molecule has 1 amide bonds. The summed E-state index contributed by atoms with van der Waals surface area (Å²) in [5.41, 5.74) is 0.857. The van der Waals surface area contributed by atoms with Crippen molar-refractivity contribution in [3.05, 3.63) is 23.8 Å². The molecule has 0 fully saturated rings. The van der Waals surface area contributed by atoms with Crippen molar-refractivity contribution < 1.29 is 19.4 Å². The smallest absolute Gasteiger partial charge is 0.335 e. The number of fused-ring (bicyclic) bond motifs is 1. The minimum Gasteiger partial charge on any atom is -0.478 e. The normalized spacial score (nSPS) is 10.7. The van der Waals surface area contributed by atoms with Crippen LogP contribution in [0.25, 0.3) is 10.2 Å². The molecule has 106 valence electrons. The maximum absolute atomic E-state index is 11.6. The number of anilines is 1. The SMILES string of the molecule is CCCOCC(=O)Nc1nc2ccc(C(=O)O)cc2s1. The molecule has 0 saturated carbocycles. The second-order valence-electron chi connectivity index (χ2n) is 4.11. The Morgan fingerprint density at radius 3 is 2.95 bits per heavy atom. The Balaban J connectivity index is 2.08. The zero-order chi connectivity index (χ0) is 14.5. The van der Waals surface area contributed by atoms with Gasteiger partial charge in [-0.25, -0.2) is 9.78 Å². The summed E-state index contributed by atoms with van der Waals surface area (Å²) < 4.78 is 5.85. The average molecular weight is 294 g/mol. The van der Waals surface area contributed by atoms with Gasteiger partial charge >= 0.3 is 5.97 Å². The molecule has 1 aromatic carbocycles. The summed E-state index contributed by atoms with van der Waals surface area (Å²) in [6.45, 7) is 2.49. The molecule has 0 spiro atoms. The van der Waals surface area contributed by atoms with Crippen molar-refractivity contribution in [3.8, 4) is 0 Å². The van der Waals surface area contributed by atoms with Gasteiger partial charge in [-0.3, -0.25) is 10.1 Å². The molecule has 1 heterocycles. The standard InChI is InChI=1S/C13H14N2O4S/c1-2-5-19-7-11(16)15-13-14-9-4-3-8(12(17)18)6-10(9)20-13/h3-4,6H,2,5,7H2,1H3,(H,17,18)(H,14,15,16). The number of thiazole rings is 1. The number of carboxylic acid groups (broad SMARTS) is 1. The van der Waals surface area contributed by atoms with Crippen LogP contribution in [0.5, 0.6) is 0 Å². The first-order valence-corrected chi connectivity index (χ1v) is 6.93. The van der Waals surface area contributed by atoms with Crippen LogP contribution in [0.4, 0.5) is 5.13 Å². The molecule has 0 atom stereocenters. The molecular weight excluding hydrogens is 280 g/mol. The fraction of sp³-hybridized carbons (Fsp3) is 0.308. The summed E-state index contributed by atoms with van der Waals surface area (Å²) >= 11 is 1.23. The van der Waals surface area contributed by atoms with Gasteiger partial charge in [0.1, 0.15) is 6.61 Å². The number of amides is 1. The van der Waals surface area contributed by atoms with Crippen molar-refractivity contribution in [2.24, 2.45) is 0 Å². The predicted octanol–water partition coefficient (Wildman–Crippen LogP) is 2.36. The molecule has 0 aliphatic heterocycles. The maximum Gasteiger partial charge on any atom is 0.335 e. The van der Waals surface area contributed by atoms with Gasteiger partial charge in [0.05, 0.1) is 15.8 Å². The van der Waals surface area contributed by atoms with Crippen LogP contribution in [0.2, 0.25) is 0 Å². The molecule has 0 unspecified atom stereocenters. The first-order valence-electron chi connectivity index (χ1n) is 6.11. The molecule has 1 aromatic heterocycles. The number of carbonyl (C=O) groups is 2. The van der Waals surface area contributed by atoms with Crippen molar-refractivity contribution in [3.63, 3.8) is 0 Å². The largest absolute Gasteiger partial charge is 0.478 e. The van der Waals surface area contributed by atoms with Gasteiger partial charge in [0.15, 0.2) is 5.13 Å². The van der Waals surface area contributed by atoms with E-state index in [1.807, 2.05) is 6.92 Å². The summed E-state index contributed by atoms with van der Waals surface area (Å²) in [6.07, 6.45) is 0.854. The van der Waals surface area contributed by atoms with Gasteiger partial charge in [-0.15, -0.1) is 0 Å². The van der Waals surface area contributed by atoms with Crippen LogP contribution in [0, 0.1) is 0 Å². The van der Waals surface area contributed by atoms with Crippen LogP contribution in [-0.2, 0) is 9.53 Å². The Kier molecular flexibility index (Phi) is 4.65. The van der Waals surface area contributed by atoms with E-state index in [1.54, 1.807) is 12.1 Å². The predicted molar refractivity (Wildman–Crippen MR) is 76.3 cm³/mol. The number of nitrogens with one attached hydrogen (secondary N) is 1. The highest BCUT2D eigenvalue weighted by atomic mass is 32.1. The van der Waals surface area contributed by atoms with Crippen LogP contribution < -0.4 is 5.32 Å². The minimum absolute atomic E-state index is 0.00978. The highest BCUT2D eigenvalue weighted by Crippen LogP contribution is 2.26. The monoisotopic (exact) mass is 294 g/mol. The number of benzene rings is 1. The maximum atomic E-state index is 11.6. The highest BCUT2D eigenvalue weighted by molar-refractivity contribution is 7.22. The zero-order valence-electron chi connectivity index (χ0n) is 10.9. The van der Waals surface area contributed by atoms with E-state index in [4.69, 9.17) is 9.84 Å². The molecular formula is C13H14N2O4S. The fourth-order valence-corrected chi connectivity index (χ4v) is 2.50. The Bertz CT molecular complexity index is 638. The van der Waals surface area contributed by atoms with Gasteiger partial charge in [-0.05, 0) is 24.6 Å². The molecule has 0 aliphatic carbocycles. The van der Waals surface area contributed by atoms with E-state index >= 15 is 0 Å². The van der Waals surface area contributed by atoms with E-state index in [1.165, 1.54) is 17.4 Å². The Hall–Kier alpha value is -1.99. The third-order valence-electron chi connectivity index (χ3n) is 2.46. The van der Waals surface area contributed by atoms with Crippen LogP contribution in [0.3, 0.4) is 0 Å². The van der Waals surface area contributed by atoms with Gasteiger partial charge < -0.3 is 9.84 Å². The summed E-state index contributed by atoms with van der Waals surface area (Å²) in [5, 5.41) is 12.0. The molecule has 7 heteroatoms. The second kappa shape index (κ2) is 6.44. The first-order chi connectivity index (χ1) is 9.60. The van der Waals surface area contributed by atoms with Crippen molar-refractivity contribution in [2.75, 3.05) is 18.5 Å². The Morgan fingerprint density at radius 1 is 1.45 bits per heavy atom. The lowest BCUT2D eigenvalue weighted by Gasteiger charge is -2.01. The Morgan fingerprint density at radius 2 is 2.25 bits per heavy atom. The first kappa shape index (κ1) is 14.4. The molecule has 0 aliphatic rings. The van der Waals surface area contributed by atoms with Crippen LogP contribution in [0.15, 0.2) is 18.2 Å². The zero-order valence-corrected chi connectivity index (χ0v) is 11.7. The van der Waals surface area contributed by atoms with Crippen molar-refractivity contribution in [2.45, 2.75) is 13.3 Å². The van der Waals surface area contributed by atoms with E-state index in [2.05, 4.69) is 10.3 Å². The number of carbonyl (C=O) groups excluding carboxylic acids is 1. The lowest BCUT2D eigenvalue weighted by molar-refractivity contribution is -0.120. The average Bonchev–Trinajstić information content (AvgIpc) is 2.79. The topological polar surface area (TPSA) is 88.5 Å². The van der Waals surface area contributed by atoms with E-state index < -0.39 is 5.97 Å². The van der Waals surface area contributed by atoms with Gasteiger partial charge in [0, 0.05) is 6.61 Å². The third-order valence-corrected chi connectivity index (χ3v) is 3.40. The van der Waals surface area contributed by atoms with E-state index in [0.29, 0.717) is 17.3 Å². The molecule has 6 nitrogen and oxygen atoms in total. The quantitative estimate of drug-likeness (QED) is 0.798. The molecule has 0 saturated heterocycles. The molecule has 20 heavy (non-hydrogen) atoms. The summed E-state index contributed by atoms with van der Waals surface area (Å²) in [4.78, 5) is 26.7. The number of rotatable bonds is 6. The number of hydrogen-bond donors (Lipinski definition) is 2. The molecule has 0 radical (unpaired) electrons. The number of ether oxygens (including phenoxy) is 1. The van der Waals surface area contributed by atoms with E-state index in [0.717, 1.165) is 11.1 Å². The van der Waals surface area contributed by atoms with E-state index in [9.17, 15) is 9.59 Å². The highest BCUT2D eigenvalue weighted by Gasteiger charge is 2.10. The van der Waals surface area contributed by atoms with Crippen molar-refractivity contribution in [1.29, 1.82) is 0 Å².